The Bertz CT molecular complexity index is 2210. The number of amides is 1. The first-order valence-corrected chi connectivity index (χ1v) is 23.5. The molecular weight excluding hydrogens is 889 g/mol. The highest BCUT2D eigenvalue weighted by atomic mass is 16.7. The smallest absolute Gasteiger partial charge is 0.407 e. The van der Waals surface area contributed by atoms with Gasteiger partial charge in [0.1, 0.15) is 23.7 Å². The van der Waals surface area contributed by atoms with Gasteiger partial charge in [0.25, 0.3) is 0 Å². The Morgan fingerprint density at radius 2 is 1.65 bits per heavy atom. The number of aldehydes is 1. The molecule has 4 aliphatic carbocycles. The molecule has 19 atom stereocenters. The van der Waals surface area contributed by atoms with Crippen molar-refractivity contribution in [2.24, 2.45) is 40.9 Å². The minimum Gasteiger partial charge on any atom is -0.511 e. The highest BCUT2D eigenvalue weighted by molar-refractivity contribution is 6.26. The molecule has 7 rings (SSSR count). The van der Waals surface area contributed by atoms with Crippen molar-refractivity contribution in [1.29, 1.82) is 0 Å². The van der Waals surface area contributed by atoms with Crippen LogP contribution in [0.1, 0.15) is 94.4 Å². The average molecular weight is 955 g/mol. The number of hydrogen-bond acceptors (Lipinski definition) is 17. The Hall–Kier alpha value is -4.79. The second-order valence-electron chi connectivity index (χ2n) is 20.5. The van der Waals surface area contributed by atoms with Gasteiger partial charge >= 0.3 is 18.0 Å². The number of methoxy groups -OCH3 is 1. The van der Waals surface area contributed by atoms with Gasteiger partial charge in [0.05, 0.1) is 56.1 Å². The van der Waals surface area contributed by atoms with Crippen LogP contribution in [0.5, 0.6) is 0 Å². The zero-order chi connectivity index (χ0) is 49.9. The third-order valence-corrected chi connectivity index (χ3v) is 15.9. The maximum Gasteiger partial charge on any atom is 0.407 e. The number of ketones is 1. The SMILES string of the molecule is COC(=O)N[C@H]1[C@@H](C)O[C@@H](O[C@H]2C/C=C(/C)[C@@H]3C=C[C@@H]4C(O[C@H]5C[C@@H](O)[C@@H](OC(C)=O)[C@H](C)O5)[C@@H](C)C[C@H](C)[C@H]4[C@]3(C)/C(O)=C3\C(=O)OC4(CC(C=O)=C[C@H](O)[C@H]4/C=C/2C)C3=O)C[C@]1(C)[N+](=O)[O-]. The Morgan fingerprint density at radius 3 is 2.28 bits per heavy atom. The topological polar surface area (TPSA) is 266 Å². The number of ether oxygens (including phenoxy) is 7. The first-order valence-electron chi connectivity index (χ1n) is 23.5. The third-order valence-electron chi connectivity index (χ3n) is 15.9. The van der Waals surface area contributed by atoms with Crippen molar-refractivity contribution >= 4 is 30.1 Å². The van der Waals surface area contributed by atoms with Crippen molar-refractivity contribution in [1.82, 2.24) is 5.32 Å². The second-order valence-corrected chi connectivity index (χ2v) is 20.5. The van der Waals surface area contributed by atoms with Gasteiger partial charge in [-0.2, -0.15) is 0 Å². The average Bonchev–Trinajstić information content (AvgIpc) is 3.50. The van der Waals surface area contributed by atoms with Crippen molar-refractivity contribution in [2.75, 3.05) is 7.11 Å². The Morgan fingerprint density at radius 1 is 0.956 bits per heavy atom. The summed E-state index contributed by atoms with van der Waals surface area (Å²) in [4.78, 5) is 78.3. The molecule has 374 valence electrons. The number of esters is 2. The van der Waals surface area contributed by atoms with Crippen LogP contribution in [0.25, 0.3) is 0 Å². The third kappa shape index (κ3) is 8.87. The summed E-state index contributed by atoms with van der Waals surface area (Å²) in [5, 5.41) is 51.0. The highest BCUT2D eigenvalue weighted by Crippen LogP contribution is 2.61. The van der Waals surface area contributed by atoms with Gasteiger partial charge in [0.15, 0.2) is 24.3 Å². The molecule has 19 nitrogen and oxygen atoms in total. The Balaban J connectivity index is 1.33. The summed E-state index contributed by atoms with van der Waals surface area (Å²) < 4.78 is 42.0. The van der Waals surface area contributed by atoms with Gasteiger partial charge in [0.2, 0.25) is 11.3 Å². The van der Waals surface area contributed by atoms with Gasteiger partial charge in [-0.1, -0.05) is 50.6 Å². The molecule has 1 saturated carbocycles. The maximum atomic E-state index is 15.2. The fourth-order valence-corrected chi connectivity index (χ4v) is 12.7. The molecule has 2 unspecified atom stereocenters. The van der Waals surface area contributed by atoms with E-state index in [9.17, 15) is 44.6 Å². The lowest BCUT2D eigenvalue weighted by Crippen LogP contribution is -2.65. The summed E-state index contributed by atoms with van der Waals surface area (Å²) in [5.74, 6) is -6.13. The van der Waals surface area contributed by atoms with Crippen LogP contribution in [0.2, 0.25) is 0 Å². The molecule has 3 aliphatic heterocycles. The van der Waals surface area contributed by atoms with Crippen LogP contribution in [0.15, 0.2) is 58.4 Å². The van der Waals surface area contributed by atoms with E-state index in [-0.39, 0.29) is 36.7 Å². The molecule has 4 N–H and O–H groups in total. The minimum absolute atomic E-state index is 0.0123. The normalized spacial score (nSPS) is 46.4. The van der Waals surface area contributed by atoms with E-state index in [2.05, 4.69) is 5.32 Å². The fourth-order valence-electron chi connectivity index (χ4n) is 12.7. The Kier molecular flexibility index (Phi) is 14.4. The van der Waals surface area contributed by atoms with Crippen LogP contribution < -0.4 is 5.32 Å². The molecule has 3 heterocycles. The second kappa shape index (κ2) is 19.2. The van der Waals surface area contributed by atoms with Crippen LogP contribution in [0.3, 0.4) is 0 Å². The summed E-state index contributed by atoms with van der Waals surface area (Å²) in [7, 11) is 1.15. The number of allylic oxidation sites excluding steroid dienone is 3. The van der Waals surface area contributed by atoms with Gasteiger partial charge < -0.3 is 53.8 Å². The molecular formula is C49H66N2O17. The van der Waals surface area contributed by atoms with E-state index in [0.717, 1.165) is 12.7 Å². The Labute approximate surface area is 395 Å². The number of hydrogen-bond donors (Lipinski definition) is 4. The van der Waals surface area contributed by atoms with Crippen LogP contribution in [0.4, 0.5) is 4.79 Å². The number of nitrogens with zero attached hydrogens (tertiary/aromatic N) is 1. The quantitative estimate of drug-likeness (QED) is 0.0490. The van der Waals surface area contributed by atoms with E-state index in [0.29, 0.717) is 18.3 Å². The molecule has 3 saturated heterocycles. The van der Waals surface area contributed by atoms with Crippen molar-refractivity contribution in [3.63, 3.8) is 0 Å². The van der Waals surface area contributed by atoms with Gasteiger partial charge in [-0.25, -0.2) is 9.59 Å². The largest absolute Gasteiger partial charge is 0.511 e. The van der Waals surface area contributed by atoms with Crippen molar-refractivity contribution < 1.29 is 77.4 Å². The number of aliphatic hydroxyl groups is 3. The van der Waals surface area contributed by atoms with E-state index in [1.165, 1.54) is 19.9 Å². The van der Waals surface area contributed by atoms with Crippen molar-refractivity contribution in [3.05, 3.63) is 68.5 Å². The molecule has 68 heavy (non-hydrogen) atoms. The predicted molar refractivity (Wildman–Crippen MR) is 238 cm³/mol. The van der Waals surface area contributed by atoms with Gasteiger partial charge in [-0.15, -0.1) is 0 Å². The van der Waals surface area contributed by atoms with Crippen molar-refractivity contribution in [3.8, 4) is 0 Å². The lowest BCUT2D eigenvalue weighted by atomic mass is 9.49. The molecule has 2 bridgehead atoms. The molecule has 7 aliphatic rings. The number of rotatable bonds is 8. The molecule has 19 heteroatoms. The molecule has 4 fully saturated rings. The van der Waals surface area contributed by atoms with E-state index >= 15 is 4.79 Å². The summed E-state index contributed by atoms with van der Waals surface area (Å²) in [5.41, 5.74) is -4.72. The van der Waals surface area contributed by atoms with Crippen LogP contribution in [0, 0.1) is 51.0 Å². The molecule has 0 radical (unpaired) electrons. The molecule has 1 amide bonds. The zero-order valence-electron chi connectivity index (χ0n) is 40.2. The van der Waals surface area contributed by atoms with Gasteiger partial charge in [-0.05, 0) is 75.5 Å². The number of carbonyl (C=O) groups is 5. The van der Waals surface area contributed by atoms with E-state index in [1.807, 2.05) is 45.9 Å². The van der Waals surface area contributed by atoms with Gasteiger partial charge in [0, 0.05) is 48.9 Å². The standard InChI is InChI=1S/C49H66N2O17/c1-22-11-14-35(66-37-20-47(8,51(60)61)42(27(6)64-37)50-46(59)62-10)23(2)16-32-33(54)17-29(21-52)19-49(32)44(57)38(45(58)68-49)43(56)48(9)31(22)13-12-30-39(48)24(3)15-25(4)40(30)67-36-18-34(55)41(26(5)63-36)65-28(7)53/h11-13,16-17,21,24-27,30-37,39-42,54-56H,14-15,18-20H2,1-10H3,(H,50,59)/b22-11-,23-16+,43-38+/t24-,25-,26-,27+,30-,31-,32+,33-,34+,35-,36-,37-,39+,40?,41-,42-,47-,48+,49?/m0/s1. The monoisotopic (exact) mass is 954 g/mol. The van der Waals surface area contributed by atoms with E-state index in [4.69, 9.17) is 33.2 Å². The van der Waals surface area contributed by atoms with E-state index < -0.39 is 148 Å². The lowest BCUT2D eigenvalue weighted by Gasteiger charge is -2.56. The van der Waals surface area contributed by atoms with Gasteiger partial charge in [-0.3, -0.25) is 24.5 Å². The summed E-state index contributed by atoms with van der Waals surface area (Å²) in [6, 6.07) is -1.10. The number of carbonyl (C=O) groups excluding carboxylic acids is 5. The molecule has 0 aromatic carbocycles. The van der Waals surface area contributed by atoms with Crippen LogP contribution >= 0.6 is 0 Å². The highest BCUT2D eigenvalue weighted by Gasteiger charge is 2.65. The first-order chi connectivity index (χ1) is 31.9. The molecule has 0 aromatic heterocycles. The number of nitro groups is 1. The summed E-state index contributed by atoms with van der Waals surface area (Å²) in [6.45, 7) is 15.4. The van der Waals surface area contributed by atoms with Crippen LogP contribution in [-0.2, 0) is 52.3 Å². The minimum atomic E-state index is -2.16. The maximum absolute atomic E-state index is 15.2. The van der Waals surface area contributed by atoms with Crippen molar-refractivity contribution in [2.45, 2.75) is 167 Å². The first kappa shape index (κ1) is 51.1. The molecule has 1 spiro atoms. The predicted octanol–water partition coefficient (Wildman–Crippen LogP) is 4.66. The number of Topliss-reactive ketones (excluding diaryl/α,β-unsaturated/α-hetero) is 1. The van der Waals surface area contributed by atoms with E-state index in [1.54, 1.807) is 26.8 Å². The summed E-state index contributed by atoms with van der Waals surface area (Å²) in [6.07, 6.45) is -0.261. The van der Waals surface area contributed by atoms with Crippen LogP contribution in [-0.4, -0.2) is 130 Å². The number of nitrogens with one attached hydrogen (secondary N) is 1. The lowest BCUT2D eigenvalue weighted by molar-refractivity contribution is -0.584. The number of fused-ring (bicyclic) bond motifs is 4. The fraction of sp³-hybridized carbons (Fsp3) is 0.694. The summed E-state index contributed by atoms with van der Waals surface area (Å²) >= 11 is 0. The number of aliphatic hydroxyl groups excluding tert-OH is 3. The zero-order valence-corrected chi connectivity index (χ0v) is 40.2. The molecule has 0 aromatic rings. The number of alkyl carbamates (subject to hydrolysis) is 1.